The number of hydrogen-bond acceptors (Lipinski definition) is 3. The van der Waals surface area contributed by atoms with Crippen LogP contribution in [0.2, 0.25) is 0 Å². The van der Waals surface area contributed by atoms with E-state index >= 15 is 0 Å². The first-order chi connectivity index (χ1) is 8.65. The summed E-state index contributed by atoms with van der Waals surface area (Å²) < 4.78 is 5.49. The molecule has 0 amide bonds. The Morgan fingerprint density at radius 2 is 2.22 bits per heavy atom. The van der Waals surface area contributed by atoms with E-state index in [1.807, 2.05) is 11.8 Å². The molecule has 1 aromatic rings. The van der Waals surface area contributed by atoms with Gasteiger partial charge in [-0.2, -0.15) is 11.8 Å². The van der Waals surface area contributed by atoms with Gasteiger partial charge in [0, 0.05) is 12.2 Å². The Balaban J connectivity index is 1.79. The van der Waals surface area contributed by atoms with Gasteiger partial charge < -0.3 is 9.84 Å². The molecule has 0 fully saturated rings. The summed E-state index contributed by atoms with van der Waals surface area (Å²) >= 11 is 1.82. The SMILES string of the molecule is CC(C)SCC(O)CCc1ccc2c(c1)CCO2. The molecule has 1 aliphatic rings. The molecule has 100 valence electrons. The van der Waals surface area contributed by atoms with Crippen LogP contribution in [0.5, 0.6) is 5.75 Å². The van der Waals surface area contributed by atoms with Crippen molar-refractivity contribution in [2.24, 2.45) is 0 Å². The first kappa shape index (κ1) is 13.8. The Hall–Kier alpha value is -0.670. The smallest absolute Gasteiger partial charge is 0.122 e. The molecule has 0 bridgehead atoms. The van der Waals surface area contributed by atoms with Crippen molar-refractivity contribution in [3.05, 3.63) is 29.3 Å². The van der Waals surface area contributed by atoms with Crippen molar-refractivity contribution in [1.82, 2.24) is 0 Å². The number of ether oxygens (including phenoxy) is 1. The van der Waals surface area contributed by atoms with Crippen LogP contribution in [0.3, 0.4) is 0 Å². The minimum Gasteiger partial charge on any atom is -0.493 e. The average molecular weight is 266 g/mol. The molecule has 3 heteroatoms. The maximum atomic E-state index is 9.91. The van der Waals surface area contributed by atoms with Gasteiger partial charge in [-0.3, -0.25) is 0 Å². The number of aliphatic hydroxyl groups excluding tert-OH is 1. The van der Waals surface area contributed by atoms with Crippen LogP contribution < -0.4 is 4.74 Å². The molecule has 18 heavy (non-hydrogen) atoms. The summed E-state index contributed by atoms with van der Waals surface area (Å²) in [5, 5.41) is 10.5. The zero-order chi connectivity index (χ0) is 13.0. The number of hydrogen-bond donors (Lipinski definition) is 1. The van der Waals surface area contributed by atoms with Gasteiger partial charge in [0.25, 0.3) is 0 Å². The monoisotopic (exact) mass is 266 g/mol. The summed E-state index contributed by atoms with van der Waals surface area (Å²) in [6.07, 6.45) is 2.63. The van der Waals surface area contributed by atoms with E-state index in [2.05, 4.69) is 32.0 Å². The van der Waals surface area contributed by atoms with Crippen molar-refractivity contribution in [2.45, 2.75) is 44.5 Å². The lowest BCUT2D eigenvalue weighted by Gasteiger charge is -2.12. The highest BCUT2D eigenvalue weighted by Crippen LogP contribution is 2.26. The lowest BCUT2D eigenvalue weighted by molar-refractivity contribution is 0.189. The molecule has 0 saturated carbocycles. The molecule has 0 spiro atoms. The van der Waals surface area contributed by atoms with Crippen LogP contribution in [0.1, 0.15) is 31.4 Å². The van der Waals surface area contributed by atoms with Gasteiger partial charge in [0.2, 0.25) is 0 Å². The molecular weight excluding hydrogens is 244 g/mol. The Kier molecular flexibility index (Phi) is 4.95. The van der Waals surface area contributed by atoms with Crippen LogP contribution in [0.15, 0.2) is 18.2 Å². The van der Waals surface area contributed by atoms with Crippen molar-refractivity contribution in [1.29, 1.82) is 0 Å². The van der Waals surface area contributed by atoms with E-state index in [0.717, 1.165) is 37.4 Å². The van der Waals surface area contributed by atoms with Gasteiger partial charge in [-0.25, -0.2) is 0 Å². The second-order valence-electron chi connectivity index (χ2n) is 5.12. The molecule has 0 radical (unpaired) electrons. The van der Waals surface area contributed by atoms with Crippen molar-refractivity contribution >= 4 is 11.8 Å². The zero-order valence-corrected chi connectivity index (χ0v) is 12.0. The summed E-state index contributed by atoms with van der Waals surface area (Å²) in [5.74, 6) is 1.88. The third kappa shape index (κ3) is 3.92. The maximum Gasteiger partial charge on any atom is 0.122 e. The Labute approximate surface area is 114 Å². The highest BCUT2D eigenvalue weighted by molar-refractivity contribution is 7.99. The lowest BCUT2D eigenvalue weighted by Crippen LogP contribution is -2.12. The summed E-state index contributed by atoms with van der Waals surface area (Å²) in [6, 6.07) is 6.41. The fourth-order valence-corrected chi connectivity index (χ4v) is 2.89. The van der Waals surface area contributed by atoms with Crippen molar-refractivity contribution in [2.75, 3.05) is 12.4 Å². The number of benzene rings is 1. The summed E-state index contributed by atoms with van der Waals surface area (Å²) in [4.78, 5) is 0. The fraction of sp³-hybridized carbons (Fsp3) is 0.600. The van der Waals surface area contributed by atoms with E-state index in [0.29, 0.717) is 5.25 Å². The molecule has 1 atom stereocenters. The number of rotatable bonds is 6. The van der Waals surface area contributed by atoms with Crippen LogP contribution in [0.25, 0.3) is 0 Å². The minimum atomic E-state index is -0.193. The highest BCUT2D eigenvalue weighted by Gasteiger charge is 2.12. The second kappa shape index (κ2) is 6.48. The minimum absolute atomic E-state index is 0.193. The number of aryl methyl sites for hydroxylation is 1. The Bertz CT molecular complexity index is 390. The summed E-state index contributed by atoms with van der Waals surface area (Å²) in [7, 11) is 0. The van der Waals surface area contributed by atoms with E-state index in [9.17, 15) is 5.11 Å². The van der Waals surface area contributed by atoms with Crippen molar-refractivity contribution in [3.63, 3.8) is 0 Å². The fourth-order valence-electron chi connectivity index (χ4n) is 2.12. The lowest BCUT2D eigenvalue weighted by atomic mass is 10.0. The van der Waals surface area contributed by atoms with Crippen LogP contribution in [0, 0.1) is 0 Å². The van der Waals surface area contributed by atoms with E-state index in [1.165, 1.54) is 11.1 Å². The normalized spacial score (nSPS) is 15.6. The van der Waals surface area contributed by atoms with E-state index in [-0.39, 0.29) is 6.10 Å². The Morgan fingerprint density at radius 1 is 1.39 bits per heavy atom. The third-order valence-corrected chi connectivity index (χ3v) is 4.39. The molecule has 0 aromatic heterocycles. The standard InChI is InChI=1S/C15H22O2S/c1-11(2)18-10-14(16)5-3-12-4-6-15-13(9-12)7-8-17-15/h4,6,9,11,14,16H,3,5,7-8,10H2,1-2H3. The van der Waals surface area contributed by atoms with Gasteiger partial charge in [-0.05, 0) is 35.3 Å². The molecular formula is C15H22O2S. The second-order valence-corrected chi connectivity index (χ2v) is 6.72. The van der Waals surface area contributed by atoms with Gasteiger partial charge in [0.1, 0.15) is 5.75 Å². The van der Waals surface area contributed by atoms with Crippen molar-refractivity contribution in [3.8, 4) is 5.75 Å². The molecule has 1 heterocycles. The van der Waals surface area contributed by atoms with Gasteiger partial charge in [0.15, 0.2) is 0 Å². The van der Waals surface area contributed by atoms with Gasteiger partial charge >= 0.3 is 0 Å². The molecule has 0 saturated heterocycles. The van der Waals surface area contributed by atoms with Crippen LogP contribution in [0.4, 0.5) is 0 Å². The third-order valence-electron chi connectivity index (χ3n) is 3.14. The van der Waals surface area contributed by atoms with Crippen LogP contribution in [-0.2, 0) is 12.8 Å². The largest absolute Gasteiger partial charge is 0.493 e. The predicted octanol–water partition coefficient (Wildman–Crippen LogP) is 3.06. The van der Waals surface area contributed by atoms with E-state index in [1.54, 1.807) is 0 Å². The number of thioether (sulfide) groups is 1. The van der Waals surface area contributed by atoms with Gasteiger partial charge in [-0.15, -0.1) is 0 Å². The number of aliphatic hydroxyl groups is 1. The molecule has 1 N–H and O–H groups in total. The Morgan fingerprint density at radius 3 is 3.00 bits per heavy atom. The highest BCUT2D eigenvalue weighted by atomic mass is 32.2. The van der Waals surface area contributed by atoms with Gasteiger partial charge in [-0.1, -0.05) is 26.0 Å². The molecule has 2 rings (SSSR count). The van der Waals surface area contributed by atoms with Crippen LogP contribution in [-0.4, -0.2) is 28.8 Å². The molecule has 1 aliphatic heterocycles. The summed E-state index contributed by atoms with van der Waals surface area (Å²) in [6.45, 7) is 5.14. The quantitative estimate of drug-likeness (QED) is 0.858. The average Bonchev–Trinajstić information content (AvgIpc) is 2.81. The van der Waals surface area contributed by atoms with Crippen molar-refractivity contribution < 1.29 is 9.84 Å². The predicted molar refractivity (Wildman–Crippen MR) is 77.6 cm³/mol. The molecule has 0 aliphatic carbocycles. The van der Waals surface area contributed by atoms with Crippen LogP contribution >= 0.6 is 11.8 Å². The topological polar surface area (TPSA) is 29.5 Å². The van der Waals surface area contributed by atoms with Gasteiger partial charge in [0.05, 0.1) is 12.7 Å². The first-order valence-corrected chi connectivity index (χ1v) is 7.74. The molecule has 2 nitrogen and oxygen atoms in total. The zero-order valence-electron chi connectivity index (χ0n) is 11.2. The molecule has 1 aromatic carbocycles. The maximum absolute atomic E-state index is 9.91. The first-order valence-electron chi connectivity index (χ1n) is 6.69. The van der Waals surface area contributed by atoms with E-state index < -0.39 is 0 Å². The van der Waals surface area contributed by atoms with E-state index in [4.69, 9.17) is 4.74 Å². The number of fused-ring (bicyclic) bond motifs is 1. The summed E-state index contributed by atoms with van der Waals surface area (Å²) in [5.41, 5.74) is 2.63. The molecule has 1 unspecified atom stereocenters.